The highest BCUT2D eigenvalue weighted by Gasteiger charge is 2.30. The highest BCUT2D eigenvalue weighted by atomic mass is 32.2. The first kappa shape index (κ1) is 10.7. The number of carbonyl (C=O) groups is 1. The van der Waals surface area contributed by atoms with E-state index in [4.69, 9.17) is 5.73 Å². The monoisotopic (exact) mass is 204 g/mol. The van der Waals surface area contributed by atoms with Crippen molar-refractivity contribution < 1.29 is 9.00 Å². The molecule has 0 aromatic carbocycles. The summed E-state index contributed by atoms with van der Waals surface area (Å²) in [4.78, 5) is 13.1. The van der Waals surface area contributed by atoms with Gasteiger partial charge in [-0.2, -0.15) is 0 Å². The van der Waals surface area contributed by atoms with Gasteiger partial charge >= 0.3 is 0 Å². The van der Waals surface area contributed by atoms with Crippen molar-refractivity contribution in [2.24, 2.45) is 5.73 Å². The largest absolute Gasteiger partial charge is 0.337 e. The Hall–Kier alpha value is -0.420. The maximum atomic E-state index is 11.4. The lowest BCUT2D eigenvalue weighted by atomic mass is 10.3. The van der Waals surface area contributed by atoms with Crippen molar-refractivity contribution in [3.8, 4) is 0 Å². The van der Waals surface area contributed by atoms with E-state index in [1.165, 1.54) is 0 Å². The van der Waals surface area contributed by atoms with E-state index in [1.54, 1.807) is 11.2 Å². The summed E-state index contributed by atoms with van der Waals surface area (Å²) >= 11 is 0. The van der Waals surface area contributed by atoms with Gasteiger partial charge in [0.15, 0.2) is 0 Å². The van der Waals surface area contributed by atoms with Crippen LogP contribution in [0.25, 0.3) is 0 Å². The van der Waals surface area contributed by atoms with Gasteiger partial charge in [-0.25, -0.2) is 0 Å². The second-order valence-electron chi connectivity index (χ2n) is 3.60. The topological polar surface area (TPSA) is 63.4 Å². The number of nitrogens with zero attached hydrogens (tertiary/aromatic N) is 1. The summed E-state index contributed by atoms with van der Waals surface area (Å²) in [7, 11) is -0.853. The predicted molar refractivity (Wildman–Crippen MR) is 52.7 cm³/mol. The zero-order chi connectivity index (χ0) is 10.0. The van der Waals surface area contributed by atoms with Crippen LogP contribution in [0.5, 0.6) is 0 Å². The Morgan fingerprint density at radius 2 is 2.38 bits per heavy atom. The number of likely N-dealkylation sites (tertiary alicyclic amines) is 1. The van der Waals surface area contributed by atoms with E-state index in [1.807, 2.05) is 6.92 Å². The van der Waals surface area contributed by atoms with Gasteiger partial charge in [0, 0.05) is 47.9 Å². The van der Waals surface area contributed by atoms with Crippen LogP contribution in [0.2, 0.25) is 0 Å². The van der Waals surface area contributed by atoms with E-state index in [0.29, 0.717) is 18.7 Å². The number of hydrogen-bond donors (Lipinski definition) is 1. The van der Waals surface area contributed by atoms with Gasteiger partial charge in [-0.15, -0.1) is 0 Å². The fraction of sp³-hybridized carbons (Fsp3) is 0.875. The van der Waals surface area contributed by atoms with Gasteiger partial charge in [0.05, 0.1) is 0 Å². The summed E-state index contributed by atoms with van der Waals surface area (Å²) in [5.41, 5.74) is 5.65. The maximum Gasteiger partial charge on any atom is 0.224 e. The number of rotatable bonds is 3. The Kier molecular flexibility index (Phi) is 3.44. The molecule has 0 radical (unpaired) electrons. The SMILES string of the molecule is CC(CS(C)=O)N1CC(N)CC1=O. The molecule has 1 aliphatic heterocycles. The van der Waals surface area contributed by atoms with Crippen LogP contribution in [0.3, 0.4) is 0 Å². The Morgan fingerprint density at radius 3 is 2.77 bits per heavy atom. The molecule has 1 fully saturated rings. The van der Waals surface area contributed by atoms with Crippen molar-refractivity contribution in [2.45, 2.75) is 25.4 Å². The molecule has 0 aromatic rings. The molecule has 1 saturated heterocycles. The fourth-order valence-corrected chi connectivity index (χ4v) is 2.48. The maximum absolute atomic E-state index is 11.4. The minimum absolute atomic E-state index is 0.0414. The third-order valence-corrected chi connectivity index (χ3v) is 3.15. The predicted octanol–water partition coefficient (Wildman–Crippen LogP) is -0.687. The van der Waals surface area contributed by atoms with E-state index in [-0.39, 0.29) is 18.0 Å². The van der Waals surface area contributed by atoms with Gasteiger partial charge in [0.2, 0.25) is 5.91 Å². The summed E-state index contributed by atoms with van der Waals surface area (Å²) in [6.07, 6.45) is 2.08. The zero-order valence-corrected chi connectivity index (χ0v) is 8.84. The van der Waals surface area contributed by atoms with Crippen molar-refractivity contribution in [2.75, 3.05) is 18.6 Å². The first-order valence-electron chi connectivity index (χ1n) is 4.35. The molecule has 5 heteroatoms. The van der Waals surface area contributed by atoms with Crippen molar-refractivity contribution in [3.63, 3.8) is 0 Å². The third kappa shape index (κ3) is 2.77. The molecule has 3 atom stereocenters. The highest BCUT2D eigenvalue weighted by molar-refractivity contribution is 7.84. The first-order valence-corrected chi connectivity index (χ1v) is 6.08. The molecule has 1 aliphatic rings. The summed E-state index contributed by atoms with van der Waals surface area (Å²) in [5, 5.41) is 0. The van der Waals surface area contributed by atoms with Gasteiger partial charge in [-0.05, 0) is 6.92 Å². The molecule has 0 spiro atoms. The fourth-order valence-electron chi connectivity index (χ4n) is 1.62. The normalized spacial score (nSPS) is 27.8. The second-order valence-corrected chi connectivity index (χ2v) is 5.08. The summed E-state index contributed by atoms with van der Waals surface area (Å²) < 4.78 is 10.9. The lowest BCUT2D eigenvalue weighted by Gasteiger charge is -2.23. The molecule has 13 heavy (non-hydrogen) atoms. The van der Waals surface area contributed by atoms with Crippen LogP contribution < -0.4 is 5.73 Å². The van der Waals surface area contributed by atoms with E-state index in [0.717, 1.165) is 0 Å². The summed E-state index contributed by atoms with van der Waals surface area (Å²) in [6.45, 7) is 2.52. The zero-order valence-electron chi connectivity index (χ0n) is 8.03. The minimum Gasteiger partial charge on any atom is -0.337 e. The molecule has 4 nitrogen and oxygen atoms in total. The molecule has 2 N–H and O–H groups in total. The Balaban J connectivity index is 2.51. The average molecular weight is 204 g/mol. The van der Waals surface area contributed by atoms with Gasteiger partial charge < -0.3 is 10.6 Å². The molecule has 1 heterocycles. The lowest BCUT2D eigenvalue weighted by Crippen LogP contribution is -2.39. The number of carbonyl (C=O) groups excluding carboxylic acids is 1. The first-order chi connectivity index (χ1) is 6.00. The molecule has 3 unspecified atom stereocenters. The van der Waals surface area contributed by atoms with E-state index >= 15 is 0 Å². The molecule has 76 valence electrons. The molecular formula is C8H16N2O2S. The Labute approximate surface area is 80.9 Å². The Morgan fingerprint density at radius 1 is 1.77 bits per heavy atom. The molecule has 0 saturated carbocycles. The highest BCUT2D eigenvalue weighted by Crippen LogP contribution is 2.13. The minimum atomic E-state index is -0.853. The van der Waals surface area contributed by atoms with Crippen LogP contribution in [-0.4, -0.2) is 45.7 Å². The van der Waals surface area contributed by atoms with Gasteiger partial charge in [-0.1, -0.05) is 0 Å². The standard InChI is InChI=1S/C8H16N2O2S/c1-6(5-13(2)12)10-4-7(9)3-8(10)11/h6-7H,3-5,9H2,1-2H3. The van der Waals surface area contributed by atoms with Crippen molar-refractivity contribution in [1.82, 2.24) is 4.90 Å². The van der Waals surface area contributed by atoms with Gasteiger partial charge in [0.25, 0.3) is 0 Å². The molecule has 1 amide bonds. The van der Waals surface area contributed by atoms with Crippen LogP contribution in [0, 0.1) is 0 Å². The molecular weight excluding hydrogens is 188 g/mol. The summed E-state index contributed by atoms with van der Waals surface area (Å²) in [5.74, 6) is 0.629. The van der Waals surface area contributed by atoms with Crippen molar-refractivity contribution in [3.05, 3.63) is 0 Å². The van der Waals surface area contributed by atoms with Crippen molar-refractivity contribution in [1.29, 1.82) is 0 Å². The molecule has 0 aliphatic carbocycles. The smallest absolute Gasteiger partial charge is 0.224 e. The van der Waals surface area contributed by atoms with Crippen LogP contribution in [-0.2, 0) is 15.6 Å². The number of amides is 1. The molecule has 0 aromatic heterocycles. The summed E-state index contributed by atoms with van der Waals surface area (Å²) in [6, 6.07) is 0.00660. The third-order valence-electron chi connectivity index (χ3n) is 2.20. The second kappa shape index (κ2) is 4.19. The quantitative estimate of drug-likeness (QED) is 0.662. The van der Waals surface area contributed by atoms with Crippen LogP contribution in [0.1, 0.15) is 13.3 Å². The van der Waals surface area contributed by atoms with Crippen LogP contribution in [0.4, 0.5) is 0 Å². The van der Waals surface area contributed by atoms with Gasteiger partial charge in [-0.3, -0.25) is 9.00 Å². The van der Waals surface area contributed by atoms with E-state index in [2.05, 4.69) is 0 Å². The number of hydrogen-bond acceptors (Lipinski definition) is 3. The van der Waals surface area contributed by atoms with Crippen LogP contribution in [0.15, 0.2) is 0 Å². The lowest BCUT2D eigenvalue weighted by molar-refractivity contribution is -0.128. The van der Waals surface area contributed by atoms with E-state index < -0.39 is 10.8 Å². The molecule has 0 bridgehead atoms. The Bertz CT molecular complexity index is 232. The average Bonchev–Trinajstić information content (AvgIpc) is 2.28. The van der Waals surface area contributed by atoms with Gasteiger partial charge in [0.1, 0.15) is 0 Å². The molecule has 1 rings (SSSR count). The van der Waals surface area contributed by atoms with Crippen LogP contribution >= 0.6 is 0 Å². The van der Waals surface area contributed by atoms with Crippen molar-refractivity contribution >= 4 is 16.7 Å². The number of nitrogens with two attached hydrogens (primary N) is 1. The van der Waals surface area contributed by atoms with E-state index in [9.17, 15) is 9.00 Å².